The number of ether oxygens (including phenoxy) is 3. The molecule has 2 saturated heterocycles. The first-order valence-electron chi connectivity index (χ1n) is 13.0. The van der Waals surface area contributed by atoms with Gasteiger partial charge in [-0.3, -0.25) is 14.5 Å². The number of nitrogens with one attached hydrogen (secondary N) is 1. The van der Waals surface area contributed by atoms with Crippen molar-refractivity contribution in [1.29, 1.82) is 0 Å². The second-order valence-corrected chi connectivity index (χ2v) is 9.91. The van der Waals surface area contributed by atoms with E-state index in [0.29, 0.717) is 66.9 Å². The number of amides is 1. The molecule has 0 aliphatic carbocycles. The molecule has 4 aromatic rings. The van der Waals surface area contributed by atoms with Gasteiger partial charge in [-0.1, -0.05) is 0 Å². The normalized spacial score (nSPS) is 20.1. The molecule has 13 nitrogen and oxygen atoms in total. The van der Waals surface area contributed by atoms with Gasteiger partial charge >= 0.3 is 0 Å². The molecule has 3 aromatic heterocycles. The zero-order valence-corrected chi connectivity index (χ0v) is 21.1. The molecule has 39 heavy (non-hydrogen) atoms. The van der Waals surface area contributed by atoms with Gasteiger partial charge < -0.3 is 28.5 Å². The number of carbonyl (C=O) groups is 1. The summed E-state index contributed by atoms with van der Waals surface area (Å²) in [7, 11) is 0. The average Bonchev–Trinajstić information content (AvgIpc) is 3.77. The minimum atomic E-state index is -0.541. The van der Waals surface area contributed by atoms with Gasteiger partial charge in [0.15, 0.2) is 23.1 Å². The molecule has 3 aliphatic heterocycles. The highest BCUT2D eigenvalue weighted by atomic mass is 16.7. The van der Waals surface area contributed by atoms with Crippen LogP contribution in [0.1, 0.15) is 40.8 Å². The zero-order chi connectivity index (χ0) is 26.3. The lowest BCUT2D eigenvalue weighted by Crippen LogP contribution is -2.50. The second-order valence-electron chi connectivity index (χ2n) is 9.91. The quantitative estimate of drug-likeness (QED) is 0.388. The third-order valence-corrected chi connectivity index (χ3v) is 7.56. The number of furan rings is 1. The van der Waals surface area contributed by atoms with Crippen molar-refractivity contribution >= 4 is 16.8 Å². The lowest BCUT2D eigenvalue weighted by Gasteiger charge is -2.38. The van der Waals surface area contributed by atoms with Crippen LogP contribution in [0.2, 0.25) is 0 Å². The molecule has 202 valence electrons. The van der Waals surface area contributed by atoms with Crippen molar-refractivity contribution < 1.29 is 23.4 Å². The number of piperazine rings is 1. The predicted molar refractivity (Wildman–Crippen MR) is 136 cm³/mol. The Hall–Kier alpha value is -4.23. The van der Waals surface area contributed by atoms with Gasteiger partial charge in [0.25, 0.3) is 11.5 Å². The lowest BCUT2D eigenvalue weighted by molar-refractivity contribution is 0.0550. The molecular weight excluding hydrogens is 506 g/mol. The first-order chi connectivity index (χ1) is 19.1. The Labute approximate surface area is 222 Å². The summed E-state index contributed by atoms with van der Waals surface area (Å²) in [6, 6.07) is 8.33. The monoisotopic (exact) mass is 533 g/mol. The van der Waals surface area contributed by atoms with Crippen LogP contribution >= 0.6 is 0 Å². The highest BCUT2D eigenvalue weighted by Crippen LogP contribution is 2.36. The van der Waals surface area contributed by atoms with Gasteiger partial charge in [-0.25, -0.2) is 4.68 Å². The molecule has 0 saturated carbocycles. The van der Waals surface area contributed by atoms with E-state index in [9.17, 15) is 9.59 Å². The highest BCUT2D eigenvalue weighted by molar-refractivity contribution is 5.91. The molecule has 7 rings (SSSR count). The van der Waals surface area contributed by atoms with Gasteiger partial charge in [0.05, 0.1) is 24.4 Å². The first kappa shape index (κ1) is 23.9. The number of carbonyl (C=O) groups excluding carboxylic acids is 1. The number of nitrogens with zero attached hydrogens (tertiary/aromatic N) is 6. The number of aromatic nitrogens is 5. The number of aromatic amines is 1. The van der Waals surface area contributed by atoms with Gasteiger partial charge in [-0.2, -0.15) is 0 Å². The molecule has 0 unspecified atom stereocenters. The minimum Gasteiger partial charge on any atom is -0.459 e. The Morgan fingerprint density at radius 3 is 2.74 bits per heavy atom. The van der Waals surface area contributed by atoms with Crippen LogP contribution in [0, 0.1) is 0 Å². The summed E-state index contributed by atoms with van der Waals surface area (Å²) in [4.78, 5) is 33.3. The number of benzene rings is 1. The topological polar surface area (TPSA) is 141 Å². The maximum Gasteiger partial charge on any atom is 0.289 e. The standard InChI is InChI=1S/C26H27N7O6/c34-25-18(11-16-12-21-22(39-15-38-21)13-19(16)27-25)23(24-28-29-30-33(24)14-17-3-1-9-36-17)31-5-7-32(8-6-31)26(35)20-4-2-10-37-20/h2,4,10-13,17,23H,1,3,5-9,14-15H2,(H,27,34)/t17-,23-/m1/s1. The third kappa shape index (κ3) is 4.42. The average molecular weight is 534 g/mol. The molecule has 0 spiro atoms. The SMILES string of the molecule is O=C(c1ccco1)N1CCN([C@H](c2cc3cc4c(cc3[nH]c2=O)OCO4)c2nnnn2C[C@H]2CCCO2)CC1. The summed E-state index contributed by atoms with van der Waals surface area (Å²) >= 11 is 0. The number of rotatable bonds is 6. The Kier molecular flexibility index (Phi) is 6.01. The summed E-state index contributed by atoms with van der Waals surface area (Å²) in [5, 5.41) is 13.4. The van der Waals surface area contributed by atoms with E-state index in [0.717, 1.165) is 24.8 Å². The van der Waals surface area contributed by atoms with E-state index in [1.54, 1.807) is 27.8 Å². The first-order valence-corrected chi connectivity index (χ1v) is 13.0. The fourth-order valence-electron chi connectivity index (χ4n) is 5.57. The molecule has 1 N–H and O–H groups in total. The lowest BCUT2D eigenvalue weighted by atomic mass is 10.0. The smallest absolute Gasteiger partial charge is 0.289 e. The van der Waals surface area contributed by atoms with Gasteiger partial charge in [0.1, 0.15) is 6.04 Å². The fraction of sp³-hybridized carbons (Fsp3) is 0.423. The van der Waals surface area contributed by atoms with Gasteiger partial charge in [0.2, 0.25) is 6.79 Å². The summed E-state index contributed by atoms with van der Waals surface area (Å²) in [6.45, 7) is 3.33. The number of fused-ring (bicyclic) bond motifs is 2. The van der Waals surface area contributed by atoms with E-state index >= 15 is 0 Å². The predicted octanol–water partition coefficient (Wildman–Crippen LogP) is 1.56. The molecule has 2 atom stereocenters. The second kappa shape index (κ2) is 9.82. The maximum atomic E-state index is 13.6. The zero-order valence-electron chi connectivity index (χ0n) is 21.1. The molecule has 0 radical (unpaired) electrons. The Balaban J connectivity index is 1.25. The van der Waals surface area contributed by atoms with Crippen LogP contribution < -0.4 is 15.0 Å². The van der Waals surface area contributed by atoms with Crippen molar-refractivity contribution in [2.24, 2.45) is 0 Å². The van der Waals surface area contributed by atoms with Crippen LogP contribution in [0.5, 0.6) is 11.5 Å². The van der Waals surface area contributed by atoms with Crippen molar-refractivity contribution in [2.45, 2.75) is 31.5 Å². The number of pyridine rings is 1. The highest BCUT2D eigenvalue weighted by Gasteiger charge is 2.35. The summed E-state index contributed by atoms with van der Waals surface area (Å²) in [5.41, 5.74) is 0.919. The van der Waals surface area contributed by atoms with Crippen LogP contribution in [0.15, 0.2) is 45.8 Å². The Morgan fingerprint density at radius 1 is 1.13 bits per heavy atom. The van der Waals surface area contributed by atoms with Crippen LogP contribution in [0.25, 0.3) is 10.9 Å². The van der Waals surface area contributed by atoms with Crippen molar-refractivity contribution in [3.63, 3.8) is 0 Å². The van der Waals surface area contributed by atoms with Crippen molar-refractivity contribution in [3.05, 3.63) is 64.1 Å². The summed E-state index contributed by atoms with van der Waals surface area (Å²) in [6.07, 6.45) is 3.44. The summed E-state index contributed by atoms with van der Waals surface area (Å²) < 4.78 is 23.9. The molecule has 2 fully saturated rings. The molecule has 0 bridgehead atoms. The minimum absolute atomic E-state index is 0.0188. The molecule has 1 aromatic carbocycles. The van der Waals surface area contributed by atoms with E-state index in [2.05, 4.69) is 25.4 Å². The molecule has 6 heterocycles. The Bertz CT molecular complexity index is 1550. The van der Waals surface area contributed by atoms with Crippen molar-refractivity contribution in [1.82, 2.24) is 35.0 Å². The fourth-order valence-corrected chi connectivity index (χ4v) is 5.57. The number of H-pyrrole nitrogens is 1. The van der Waals surface area contributed by atoms with Crippen LogP contribution in [-0.2, 0) is 11.3 Å². The van der Waals surface area contributed by atoms with Crippen LogP contribution in [-0.4, -0.2) is 86.6 Å². The summed E-state index contributed by atoms with van der Waals surface area (Å²) in [5.74, 6) is 1.94. The van der Waals surface area contributed by atoms with E-state index in [1.807, 2.05) is 12.1 Å². The van der Waals surface area contributed by atoms with Gasteiger partial charge in [-0.05, 0) is 47.5 Å². The van der Waals surface area contributed by atoms with Crippen molar-refractivity contribution in [2.75, 3.05) is 39.6 Å². The maximum absolute atomic E-state index is 13.6. The van der Waals surface area contributed by atoms with Gasteiger partial charge in [0, 0.05) is 49.8 Å². The number of hydrogen-bond acceptors (Lipinski definition) is 10. The number of hydrogen-bond donors (Lipinski definition) is 1. The van der Waals surface area contributed by atoms with E-state index in [4.69, 9.17) is 18.6 Å². The van der Waals surface area contributed by atoms with Crippen LogP contribution in [0.3, 0.4) is 0 Å². The van der Waals surface area contributed by atoms with E-state index in [-0.39, 0.29) is 24.4 Å². The van der Waals surface area contributed by atoms with Crippen molar-refractivity contribution in [3.8, 4) is 11.5 Å². The molecular formula is C26H27N7O6. The third-order valence-electron chi connectivity index (χ3n) is 7.56. The molecule has 3 aliphatic rings. The van der Waals surface area contributed by atoms with Gasteiger partial charge in [-0.15, -0.1) is 5.10 Å². The van der Waals surface area contributed by atoms with Crippen LogP contribution in [0.4, 0.5) is 0 Å². The van der Waals surface area contributed by atoms with E-state index < -0.39 is 6.04 Å². The number of tetrazole rings is 1. The van der Waals surface area contributed by atoms with E-state index in [1.165, 1.54) is 6.26 Å². The molecule has 1 amide bonds. The Morgan fingerprint density at radius 2 is 1.97 bits per heavy atom. The largest absolute Gasteiger partial charge is 0.459 e. The molecule has 13 heteroatoms.